The number of hydrogen-bond acceptors (Lipinski definition) is 5. The van der Waals surface area contributed by atoms with Crippen molar-refractivity contribution in [3.05, 3.63) is 24.3 Å². The summed E-state index contributed by atoms with van der Waals surface area (Å²) in [5, 5.41) is 2.78. The van der Waals surface area contributed by atoms with Crippen LogP contribution in [0.25, 0.3) is 0 Å². The molecule has 1 aliphatic rings. The molecule has 0 bridgehead atoms. The summed E-state index contributed by atoms with van der Waals surface area (Å²) in [4.78, 5) is 23.1. The van der Waals surface area contributed by atoms with Crippen LogP contribution in [-0.2, 0) is 19.1 Å². The van der Waals surface area contributed by atoms with Crippen LogP contribution >= 0.6 is 0 Å². The van der Waals surface area contributed by atoms with Crippen molar-refractivity contribution in [1.29, 1.82) is 0 Å². The number of carbonyl (C=O) groups excluding carboxylic acids is 2. The molecule has 0 aromatic heterocycles. The summed E-state index contributed by atoms with van der Waals surface area (Å²) in [5.41, 5.74) is 0.608. The van der Waals surface area contributed by atoms with Crippen LogP contribution < -0.4 is 10.1 Å². The normalized spacial score (nSPS) is 17.3. The number of benzene rings is 1. The van der Waals surface area contributed by atoms with Crippen LogP contribution in [0.3, 0.4) is 0 Å². The van der Waals surface area contributed by atoms with Crippen LogP contribution in [0.4, 0.5) is 5.69 Å². The van der Waals surface area contributed by atoms with Crippen molar-refractivity contribution in [2.45, 2.75) is 25.9 Å². The van der Waals surface area contributed by atoms with Gasteiger partial charge in [0, 0.05) is 18.4 Å². The Morgan fingerprint density at radius 1 is 1.43 bits per heavy atom. The maximum Gasteiger partial charge on any atom is 0.344 e. The maximum atomic E-state index is 11.9. The summed E-state index contributed by atoms with van der Waals surface area (Å²) >= 11 is 0. The van der Waals surface area contributed by atoms with Gasteiger partial charge in [-0.1, -0.05) is 6.07 Å². The van der Waals surface area contributed by atoms with E-state index in [-0.39, 0.29) is 18.6 Å². The summed E-state index contributed by atoms with van der Waals surface area (Å²) in [7, 11) is 0. The Morgan fingerprint density at radius 2 is 2.29 bits per heavy atom. The SMILES string of the molecule is CCOC(=O)COc1cccc(NC(=O)[C@@H]2CCCO2)c1. The molecule has 0 aliphatic carbocycles. The highest BCUT2D eigenvalue weighted by molar-refractivity contribution is 5.94. The molecule has 1 atom stereocenters. The van der Waals surface area contributed by atoms with Crippen molar-refractivity contribution >= 4 is 17.6 Å². The molecule has 1 saturated heterocycles. The molecule has 1 fully saturated rings. The fourth-order valence-electron chi connectivity index (χ4n) is 2.02. The largest absolute Gasteiger partial charge is 0.482 e. The lowest BCUT2D eigenvalue weighted by Gasteiger charge is -2.11. The predicted octanol–water partition coefficient (Wildman–Crippen LogP) is 1.75. The van der Waals surface area contributed by atoms with Gasteiger partial charge in [0.2, 0.25) is 0 Å². The number of esters is 1. The number of ether oxygens (including phenoxy) is 3. The first-order chi connectivity index (χ1) is 10.2. The molecule has 114 valence electrons. The minimum atomic E-state index is -0.425. The first-order valence-electron chi connectivity index (χ1n) is 7.00. The van der Waals surface area contributed by atoms with Crippen LogP contribution in [-0.4, -0.2) is 37.8 Å². The highest BCUT2D eigenvalue weighted by Crippen LogP contribution is 2.19. The second-order valence-electron chi connectivity index (χ2n) is 4.61. The molecular weight excluding hydrogens is 274 g/mol. The molecule has 0 radical (unpaired) electrons. The second kappa shape index (κ2) is 7.64. The lowest BCUT2D eigenvalue weighted by atomic mass is 10.2. The molecule has 6 nitrogen and oxygen atoms in total. The topological polar surface area (TPSA) is 73.9 Å². The molecular formula is C15H19NO5. The highest BCUT2D eigenvalue weighted by atomic mass is 16.6. The molecule has 1 aliphatic heterocycles. The average molecular weight is 293 g/mol. The monoisotopic (exact) mass is 293 g/mol. The Balaban J connectivity index is 1.88. The highest BCUT2D eigenvalue weighted by Gasteiger charge is 2.23. The van der Waals surface area contributed by atoms with E-state index < -0.39 is 5.97 Å². The average Bonchev–Trinajstić information content (AvgIpc) is 3.00. The van der Waals surface area contributed by atoms with Crippen LogP contribution in [0.15, 0.2) is 24.3 Å². The number of rotatable bonds is 6. The van der Waals surface area contributed by atoms with Gasteiger partial charge < -0.3 is 19.5 Å². The number of carbonyl (C=O) groups is 2. The molecule has 2 rings (SSSR count). The summed E-state index contributed by atoms with van der Waals surface area (Å²) in [6, 6.07) is 6.86. The zero-order valence-electron chi connectivity index (χ0n) is 12.0. The second-order valence-corrected chi connectivity index (χ2v) is 4.61. The fraction of sp³-hybridized carbons (Fsp3) is 0.467. The van der Waals surface area contributed by atoms with Gasteiger partial charge >= 0.3 is 5.97 Å². The van der Waals surface area contributed by atoms with Crippen molar-refractivity contribution in [2.24, 2.45) is 0 Å². The smallest absolute Gasteiger partial charge is 0.344 e. The molecule has 1 N–H and O–H groups in total. The van der Waals surface area contributed by atoms with Gasteiger partial charge in [0.05, 0.1) is 6.61 Å². The lowest BCUT2D eigenvalue weighted by molar-refractivity contribution is -0.145. The van der Waals surface area contributed by atoms with Crippen LogP contribution in [0.5, 0.6) is 5.75 Å². The standard InChI is InChI=1S/C15H19NO5/c1-2-19-14(17)10-21-12-6-3-5-11(9-12)16-15(18)13-7-4-8-20-13/h3,5-6,9,13H,2,4,7-8,10H2,1H3,(H,16,18)/t13-/m0/s1. The summed E-state index contributed by atoms with van der Waals surface area (Å²) in [6.07, 6.45) is 1.26. The predicted molar refractivity (Wildman–Crippen MR) is 76.2 cm³/mol. The van der Waals surface area contributed by atoms with E-state index in [4.69, 9.17) is 14.2 Å². The Morgan fingerprint density at radius 3 is 3.00 bits per heavy atom. The van der Waals surface area contributed by atoms with Gasteiger partial charge in [0.1, 0.15) is 11.9 Å². The molecule has 0 unspecified atom stereocenters. The Kier molecular flexibility index (Phi) is 5.57. The molecule has 0 spiro atoms. The fourth-order valence-corrected chi connectivity index (χ4v) is 2.02. The number of hydrogen-bond donors (Lipinski definition) is 1. The number of nitrogens with one attached hydrogen (secondary N) is 1. The molecule has 1 amide bonds. The van der Waals surface area contributed by atoms with Gasteiger partial charge in [-0.3, -0.25) is 4.79 Å². The van der Waals surface area contributed by atoms with E-state index in [1.54, 1.807) is 31.2 Å². The van der Waals surface area contributed by atoms with E-state index >= 15 is 0 Å². The minimum absolute atomic E-state index is 0.156. The van der Waals surface area contributed by atoms with Gasteiger partial charge in [-0.05, 0) is 31.9 Å². The van der Waals surface area contributed by atoms with Crippen molar-refractivity contribution < 1.29 is 23.8 Å². The van der Waals surface area contributed by atoms with Crippen molar-refractivity contribution in [1.82, 2.24) is 0 Å². The van der Waals surface area contributed by atoms with Crippen molar-refractivity contribution in [3.63, 3.8) is 0 Å². The van der Waals surface area contributed by atoms with E-state index in [1.807, 2.05) is 0 Å². The zero-order chi connectivity index (χ0) is 15.1. The molecule has 6 heteroatoms. The number of anilines is 1. The first kappa shape index (κ1) is 15.3. The number of amides is 1. The maximum absolute atomic E-state index is 11.9. The van der Waals surface area contributed by atoms with Crippen LogP contribution in [0, 0.1) is 0 Å². The molecule has 0 saturated carbocycles. The van der Waals surface area contributed by atoms with Gasteiger partial charge in [0.25, 0.3) is 5.91 Å². The third-order valence-corrected chi connectivity index (χ3v) is 2.99. The summed E-state index contributed by atoms with van der Waals surface area (Å²) in [5.74, 6) is -0.0884. The van der Waals surface area contributed by atoms with E-state index in [1.165, 1.54) is 0 Å². The van der Waals surface area contributed by atoms with E-state index in [9.17, 15) is 9.59 Å². The molecule has 1 aromatic carbocycles. The van der Waals surface area contributed by atoms with Gasteiger partial charge in [-0.2, -0.15) is 0 Å². The van der Waals surface area contributed by atoms with Crippen molar-refractivity contribution in [3.8, 4) is 5.75 Å². The van der Waals surface area contributed by atoms with Gasteiger partial charge in [0.15, 0.2) is 6.61 Å². The minimum Gasteiger partial charge on any atom is -0.482 e. The Hall–Kier alpha value is -2.08. The Labute approximate surface area is 123 Å². The molecule has 21 heavy (non-hydrogen) atoms. The zero-order valence-corrected chi connectivity index (χ0v) is 12.0. The molecule has 1 heterocycles. The van der Waals surface area contributed by atoms with Gasteiger partial charge in [-0.15, -0.1) is 0 Å². The Bertz CT molecular complexity index is 497. The van der Waals surface area contributed by atoms with E-state index in [0.717, 1.165) is 12.8 Å². The van der Waals surface area contributed by atoms with E-state index in [0.29, 0.717) is 24.7 Å². The lowest BCUT2D eigenvalue weighted by Crippen LogP contribution is -2.26. The van der Waals surface area contributed by atoms with Crippen LogP contribution in [0.1, 0.15) is 19.8 Å². The van der Waals surface area contributed by atoms with Crippen molar-refractivity contribution in [2.75, 3.05) is 25.1 Å². The van der Waals surface area contributed by atoms with Gasteiger partial charge in [-0.25, -0.2) is 4.79 Å². The van der Waals surface area contributed by atoms with E-state index in [2.05, 4.69) is 5.32 Å². The first-order valence-corrected chi connectivity index (χ1v) is 7.00. The van der Waals surface area contributed by atoms with Crippen LogP contribution in [0.2, 0.25) is 0 Å². The third kappa shape index (κ3) is 4.75. The summed E-state index contributed by atoms with van der Waals surface area (Å²) in [6.45, 7) is 2.52. The molecule has 1 aromatic rings. The third-order valence-electron chi connectivity index (χ3n) is 2.99. The summed E-state index contributed by atoms with van der Waals surface area (Å²) < 4.78 is 15.4. The quantitative estimate of drug-likeness (QED) is 0.809.